The van der Waals surface area contributed by atoms with Gasteiger partial charge < -0.3 is 15.7 Å². The summed E-state index contributed by atoms with van der Waals surface area (Å²) in [6.07, 6.45) is 1.46. The van der Waals surface area contributed by atoms with E-state index in [1.807, 2.05) is 12.1 Å². The van der Waals surface area contributed by atoms with Crippen LogP contribution in [0.15, 0.2) is 18.2 Å². The van der Waals surface area contributed by atoms with E-state index in [-0.39, 0.29) is 12.5 Å². The molecule has 1 unspecified atom stereocenters. The summed E-state index contributed by atoms with van der Waals surface area (Å²) in [6.45, 7) is 3.90. The van der Waals surface area contributed by atoms with Crippen molar-refractivity contribution in [1.82, 2.24) is 5.32 Å². The Kier molecular flexibility index (Phi) is 4.33. The smallest absolute Gasteiger partial charge is 0.228 e. The summed E-state index contributed by atoms with van der Waals surface area (Å²) in [5, 5.41) is 15.3. The topological polar surface area (TPSA) is 61.4 Å². The van der Waals surface area contributed by atoms with Crippen LogP contribution < -0.4 is 10.6 Å². The number of carbonyl (C=O) groups excluding carboxylic acids is 1. The van der Waals surface area contributed by atoms with Crippen LogP contribution in [-0.4, -0.2) is 24.2 Å². The average Bonchev–Trinajstić information content (AvgIpc) is 2.74. The van der Waals surface area contributed by atoms with Gasteiger partial charge in [-0.3, -0.25) is 4.79 Å². The van der Waals surface area contributed by atoms with Crippen molar-refractivity contribution in [3.05, 3.63) is 29.3 Å². The van der Waals surface area contributed by atoms with E-state index in [1.54, 1.807) is 0 Å². The maximum atomic E-state index is 11.2. The van der Waals surface area contributed by atoms with Crippen LogP contribution in [0.3, 0.4) is 0 Å². The Labute approximate surface area is 107 Å². The zero-order valence-electron chi connectivity index (χ0n) is 10.7. The number of fused-ring (bicyclic) bond motifs is 1. The van der Waals surface area contributed by atoms with Crippen molar-refractivity contribution >= 4 is 11.6 Å². The van der Waals surface area contributed by atoms with Crippen molar-refractivity contribution in [2.24, 2.45) is 5.92 Å². The first-order valence-corrected chi connectivity index (χ1v) is 6.46. The molecule has 18 heavy (non-hydrogen) atoms. The third-order valence-corrected chi connectivity index (χ3v) is 3.39. The normalized spacial score (nSPS) is 15.3. The summed E-state index contributed by atoms with van der Waals surface area (Å²) >= 11 is 0. The van der Waals surface area contributed by atoms with Crippen molar-refractivity contribution in [2.45, 2.75) is 26.3 Å². The summed E-state index contributed by atoms with van der Waals surface area (Å²) < 4.78 is 0. The largest absolute Gasteiger partial charge is 0.396 e. The number of nitrogens with one attached hydrogen (secondary N) is 2. The zero-order chi connectivity index (χ0) is 13.0. The van der Waals surface area contributed by atoms with E-state index >= 15 is 0 Å². The second kappa shape index (κ2) is 5.98. The molecule has 1 aromatic rings. The summed E-state index contributed by atoms with van der Waals surface area (Å²) in [5.74, 6) is 0.393. The lowest BCUT2D eigenvalue weighted by atomic mass is 10.1. The van der Waals surface area contributed by atoms with Crippen LogP contribution in [0.2, 0.25) is 0 Å². The van der Waals surface area contributed by atoms with Crippen molar-refractivity contribution < 1.29 is 9.90 Å². The van der Waals surface area contributed by atoms with Crippen LogP contribution >= 0.6 is 0 Å². The molecule has 0 aromatic heterocycles. The lowest BCUT2D eigenvalue weighted by molar-refractivity contribution is -0.115. The van der Waals surface area contributed by atoms with Gasteiger partial charge in [0.15, 0.2) is 0 Å². The molecule has 0 bridgehead atoms. The summed E-state index contributed by atoms with van der Waals surface area (Å²) in [6, 6.07) is 6.05. The fraction of sp³-hybridized carbons (Fsp3) is 0.500. The summed E-state index contributed by atoms with van der Waals surface area (Å²) in [4.78, 5) is 11.2. The van der Waals surface area contributed by atoms with Gasteiger partial charge in [0.05, 0.1) is 6.42 Å². The van der Waals surface area contributed by atoms with Crippen molar-refractivity contribution in [3.63, 3.8) is 0 Å². The van der Waals surface area contributed by atoms with Gasteiger partial charge in [-0.15, -0.1) is 0 Å². The number of carbonyl (C=O) groups is 1. The predicted octanol–water partition coefficient (Wildman–Crippen LogP) is 1.29. The van der Waals surface area contributed by atoms with E-state index in [0.717, 1.165) is 30.8 Å². The fourth-order valence-corrected chi connectivity index (χ4v) is 2.15. The van der Waals surface area contributed by atoms with Crippen LogP contribution in [0.5, 0.6) is 0 Å². The standard InChI is InChI=1S/C14H20N2O2/c1-2-10(9-17)7-15-8-11-3-4-13-12(5-11)6-14(18)16-13/h3-5,10,15,17H,2,6-9H2,1H3,(H,16,18). The van der Waals surface area contributed by atoms with Crippen LogP contribution in [0, 0.1) is 5.92 Å². The molecule has 0 spiro atoms. The highest BCUT2D eigenvalue weighted by atomic mass is 16.3. The van der Waals surface area contributed by atoms with Gasteiger partial charge in [0.1, 0.15) is 0 Å². The van der Waals surface area contributed by atoms with Crippen LogP contribution in [0.25, 0.3) is 0 Å². The van der Waals surface area contributed by atoms with Crippen molar-refractivity contribution in [2.75, 3.05) is 18.5 Å². The van der Waals surface area contributed by atoms with E-state index in [0.29, 0.717) is 12.3 Å². The van der Waals surface area contributed by atoms with Crippen LogP contribution in [-0.2, 0) is 17.8 Å². The number of aliphatic hydroxyl groups excluding tert-OH is 1. The molecule has 0 radical (unpaired) electrons. The molecule has 4 heteroatoms. The Bertz CT molecular complexity index is 428. The molecule has 0 saturated heterocycles. The highest BCUT2D eigenvalue weighted by Crippen LogP contribution is 2.23. The molecule has 1 heterocycles. The first-order chi connectivity index (χ1) is 8.72. The maximum Gasteiger partial charge on any atom is 0.228 e. The second-order valence-electron chi connectivity index (χ2n) is 4.80. The molecule has 4 nitrogen and oxygen atoms in total. The molecule has 1 aliphatic rings. The lowest BCUT2D eigenvalue weighted by Crippen LogP contribution is -2.24. The first-order valence-electron chi connectivity index (χ1n) is 6.46. The van der Waals surface area contributed by atoms with Gasteiger partial charge in [-0.2, -0.15) is 0 Å². The number of aliphatic hydroxyl groups is 1. The molecule has 1 atom stereocenters. The molecule has 1 aromatic carbocycles. The van der Waals surface area contributed by atoms with E-state index in [9.17, 15) is 4.79 Å². The zero-order valence-corrected chi connectivity index (χ0v) is 10.7. The fourth-order valence-electron chi connectivity index (χ4n) is 2.15. The van der Waals surface area contributed by atoms with Gasteiger partial charge in [-0.1, -0.05) is 19.1 Å². The molecule has 1 aliphatic heterocycles. The predicted molar refractivity (Wildman–Crippen MR) is 71.3 cm³/mol. The van der Waals surface area contributed by atoms with Crippen LogP contribution in [0.1, 0.15) is 24.5 Å². The van der Waals surface area contributed by atoms with Crippen molar-refractivity contribution in [3.8, 4) is 0 Å². The van der Waals surface area contributed by atoms with Gasteiger partial charge in [0.25, 0.3) is 0 Å². The average molecular weight is 248 g/mol. The molecule has 2 rings (SSSR count). The van der Waals surface area contributed by atoms with E-state index in [1.165, 1.54) is 5.56 Å². The number of anilines is 1. The Morgan fingerprint density at radius 3 is 3.06 bits per heavy atom. The number of rotatable bonds is 6. The molecule has 3 N–H and O–H groups in total. The van der Waals surface area contributed by atoms with Gasteiger partial charge in [0.2, 0.25) is 5.91 Å². The van der Waals surface area contributed by atoms with Crippen LogP contribution in [0.4, 0.5) is 5.69 Å². The quantitative estimate of drug-likeness (QED) is 0.711. The van der Waals surface area contributed by atoms with E-state index < -0.39 is 0 Å². The Balaban J connectivity index is 1.87. The Morgan fingerprint density at radius 1 is 1.50 bits per heavy atom. The van der Waals surface area contributed by atoms with E-state index in [2.05, 4.69) is 23.6 Å². The highest BCUT2D eigenvalue weighted by molar-refractivity contribution is 5.99. The Morgan fingerprint density at radius 2 is 2.33 bits per heavy atom. The number of benzene rings is 1. The summed E-state index contributed by atoms with van der Waals surface area (Å²) in [7, 11) is 0. The third kappa shape index (κ3) is 3.09. The molecule has 0 aliphatic carbocycles. The molecule has 1 amide bonds. The molecule has 0 fully saturated rings. The molecular formula is C14H20N2O2. The molecule has 98 valence electrons. The van der Waals surface area contributed by atoms with E-state index in [4.69, 9.17) is 5.11 Å². The SMILES string of the molecule is CCC(CO)CNCc1ccc2c(c1)CC(=O)N2. The molecule has 0 saturated carbocycles. The van der Waals surface area contributed by atoms with Crippen molar-refractivity contribution in [1.29, 1.82) is 0 Å². The lowest BCUT2D eigenvalue weighted by Gasteiger charge is -2.12. The molecular weight excluding hydrogens is 228 g/mol. The number of hydrogen-bond acceptors (Lipinski definition) is 3. The third-order valence-electron chi connectivity index (χ3n) is 3.39. The summed E-state index contributed by atoms with van der Waals surface area (Å²) in [5.41, 5.74) is 3.19. The monoisotopic (exact) mass is 248 g/mol. The first kappa shape index (κ1) is 13.1. The minimum Gasteiger partial charge on any atom is -0.396 e. The van der Waals surface area contributed by atoms with Gasteiger partial charge in [-0.25, -0.2) is 0 Å². The highest BCUT2D eigenvalue weighted by Gasteiger charge is 2.17. The second-order valence-corrected chi connectivity index (χ2v) is 4.80. The maximum absolute atomic E-state index is 11.2. The number of amides is 1. The minimum absolute atomic E-state index is 0.0708. The number of hydrogen-bond donors (Lipinski definition) is 3. The van der Waals surface area contributed by atoms with Gasteiger partial charge in [0, 0.05) is 25.4 Å². The Hall–Kier alpha value is -1.39. The minimum atomic E-state index is 0.0708. The van der Waals surface area contributed by atoms with Gasteiger partial charge in [-0.05, 0) is 29.5 Å². The van der Waals surface area contributed by atoms with Gasteiger partial charge >= 0.3 is 0 Å².